The molecule has 9 heteroatoms. The molecular weight excluding hydrogens is 324 g/mol. The number of rotatable bonds is 3. The standard InChI is InChI=1S/C14H15ClN4O4/c15-10-3-8(5-16-13(10)22)14(23)18-1-2-19-9(6-18)4-11(17-19)12(21)7-20/h3-5,12,20-21H,1-2,6-7H2,(H,16,22). The van der Waals surface area contributed by atoms with Crippen molar-refractivity contribution in [2.45, 2.75) is 19.2 Å². The van der Waals surface area contributed by atoms with Crippen molar-refractivity contribution in [2.24, 2.45) is 0 Å². The highest BCUT2D eigenvalue weighted by molar-refractivity contribution is 6.30. The first-order valence-corrected chi connectivity index (χ1v) is 7.40. The Hall–Kier alpha value is -2.16. The number of aliphatic hydroxyl groups excluding tert-OH is 2. The van der Waals surface area contributed by atoms with Crippen LogP contribution >= 0.6 is 11.6 Å². The van der Waals surface area contributed by atoms with Gasteiger partial charge in [-0.2, -0.15) is 5.10 Å². The number of hydrogen-bond donors (Lipinski definition) is 3. The molecule has 3 rings (SSSR count). The van der Waals surface area contributed by atoms with Crippen molar-refractivity contribution in [1.82, 2.24) is 19.7 Å². The van der Waals surface area contributed by atoms with Gasteiger partial charge in [0, 0.05) is 12.7 Å². The van der Waals surface area contributed by atoms with Crippen LogP contribution in [0.5, 0.6) is 0 Å². The first-order chi connectivity index (χ1) is 11.0. The van der Waals surface area contributed by atoms with Gasteiger partial charge in [0.25, 0.3) is 11.5 Å². The zero-order chi connectivity index (χ0) is 16.6. The maximum atomic E-state index is 12.5. The summed E-state index contributed by atoms with van der Waals surface area (Å²) in [6.07, 6.45) is 0.305. The van der Waals surface area contributed by atoms with E-state index >= 15 is 0 Å². The van der Waals surface area contributed by atoms with Crippen LogP contribution < -0.4 is 5.56 Å². The number of amides is 1. The Kier molecular flexibility index (Phi) is 4.20. The van der Waals surface area contributed by atoms with Gasteiger partial charge in [-0.25, -0.2) is 0 Å². The number of carbonyl (C=O) groups excluding carboxylic acids is 1. The molecule has 0 saturated carbocycles. The van der Waals surface area contributed by atoms with E-state index in [0.29, 0.717) is 30.9 Å². The molecule has 1 unspecified atom stereocenters. The maximum absolute atomic E-state index is 12.5. The quantitative estimate of drug-likeness (QED) is 0.724. The molecule has 0 bridgehead atoms. The van der Waals surface area contributed by atoms with Gasteiger partial charge in [0.05, 0.1) is 36.6 Å². The van der Waals surface area contributed by atoms with E-state index in [1.54, 1.807) is 15.6 Å². The number of carbonyl (C=O) groups is 1. The first-order valence-electron chi connectivity index (χ1n) is 7.02. The molecule has 3 N–H and O–H groups in total. The van der Waals surface area contributed by atoms with Crippen molar-refractivity contribution in [2.75, 3.05) is 13.2 Å². The highest BCUT2D eigenvalue weighted by Gasteiger charge is 2.25. The van der Waals surface area contributed by atoms with E-state index in [1.165, 1.54) is 12.3 Å². The van der Waals surface area contributed by atoms with Gasteiger partial charge < -0.3 is 20.1 Å². The summed E-state index contributed by atoms with van der Waals surface area (Å²) in [6, 6.07) is 3.01. The Morgan fingerprint density at radius 2 is 2.22 bits per heavy atom. The number of pyridine rings is 1. The normalized spacial score (nSPS) is 15.3. The zero-order valence-corrected chi connectivity index (χ0v) is 12.8. The third-order valence-corrected chi connectivity index (χ3v) is 4.00. The van der Waals surface area contributed by atoms with Crippen molar-refractivity contribution in [3.8, 4) is 0 Å². The molecule has 0 aromatic carbocycles. The lowest BCUT2D eigenvalue weighted by molar-refractivity contribution is 0.0704. The van der Waals surface area contributed by atoms with Gasteiger partial charge in [0.2, 0.25) is 0 Å². The van der Waals surface area contributed by atoms with Crippen molar-refractivity contribution >= 4 is 17.5 Å². The summed E-state index contributed by atoms with van der Waals surface area (Å²) in [5.74, 6) is -0.250. The average molecular weight is 339 g/mol. The lowest BCUT2D eigenvalue weighted by atomic mass is 10.2. The second-order valence-corrected chi connectivity index (χ2v) is 5.68. The minimum Gasteiger partial charge on any atom is -0.393 e. The summed E-state index contributed by atoms with van der Waals surface area (Å²) in [5.41, 5.74) is 1.01. The largest absolute Gasteiger partial charge is 0.393 e. The van der Waals surface area contributed by atoms with Crippen molar-refractivity contribution in [1.29, 1.82) is 0 Å². The molecule has 0 spiro atoms. The van der Waals surface area contributed by atoms with Crippen molar-refractivity contribution < 1.29 is 15.0 Å². The summed E-state index contributed by atoms with van der Waals surface area (Å²) in [5, 5.41) is 22.8. The summed E-state index contributed by atoms with van der Waals surface area (Å²) >= 11 is 5.75. The predicted octanol–water partition coefficient (Wildman–Crippen LogP) is -0.0935. The van der Waals surface area contributed by atoms with Crippen LogP contribution in [0.15, 0.2) is 23.1 Å². The third-order valence-electron chi connectivity index (χ3n) is 3.72. The van der Waals surface area contributed by atoms with Gasteiger partial charge in [-0.15, -0.1) is 0 Å². The van der Waals surface area contributed by atoms with Gasteiger partial charge in [-0.3, -0.25) is 14.3 Å². The number of H-pyrrole nitrogens is 1. The minimum absolute atomic E-state index is 0.0359. The number of fused-ring (bicyclic) bond motifs is 1. The van der Waals surface area contributed by atoms with E-state index in [9.17, 15) is 14.7 Å². The lowest BCUT2D eigenvalue weighted by Crippen LogP contribution is -2.38. The SMILES string of the molecule is O=C(c1c[nH]c(=O)c(Cl)c1)N1CCn2nc(C(O)CO)cc2C1. The van der Waals surface area contributed by atoms with E-state index in [0.717, 1.165) is 5.69 Å². The van der Waals surface area contributed by atoms with Crippen LogP contribution in [0.25, 0.3) is 0 Å². The lowest BCUT2D eigenvalue weighted by Gasteiger charge is -2.27. The molecule has 0 radical (unpaired) electrons. The fourth-order valence-corrected chi connectivity index (χ4v) is 2.65. The molecule has 1 atom stereocenters. The van der Waals surface area contributed by atoms with E-state index in [4.69, 9.17) is 16.7 Å². The molecule has 1 amide bonds. The Labute approximate surface area is 135 Å². The van der Waals surface area contributed by atoms with Gasteiger partial charge in [0.1, 0.15) is 11.1 Å². The van der Waals surface area contributed by atoms with Crippen LogP contribution in [0, 0.1) is 0 Å². The molecular formula is C14H15ClN4O4. The monoisotopic (exact) mass is 338 g/mol. The van der Waals surface area contributed by atoms with E-state index in [2.05, 4.69) is 10.1 Å². The highest BCUT2D eigenvalue weighted by atomic mass is 35.5. The van der Waals surface area contributed by atoms with Gasteiger partial charge >= 0.3 is 0 Å². The van der Waals surface area contributed by atoms with Crippen LogP contribution in [-0.2, 0) is 13.1 Å². The molecule has 1 aliphatic heterocycles. The van der Waals surface area contributed by atoms with Crippen molar-refractivity contribution in [3.05, 3.63) is 50.7 Å². The number of aromatic nitrogens is 3. The summed E-state index contributed by atoms with van der Waals surface area (Å²) in [4.78, 5) is 27.8. The zero-order valence-electron chi connectivity index (χ0n) is 12.1. The van der Waals surface area contributed by atoms with Crippen LogP contribution in [0.1, 0.15) is 27.8 Å². The van der Waals surface area contributed by atoms with Crippen LogP contribution in [0.3, 0.4) is 0 Å². The number of aromatic amines is 1. The maximum Gasteiger partial charge on any atom is 0.266 e. The number of nitrogens with zero attached hydrogens (tertiary/aromatic N) is 3. The Balaban J connectivity index is 1.81. The number of halogens is 1. The number of aliphatic hydroxyl groups is 2. The second-order valence-electron chi connectivity index (χ2n) is 5.27. The summed E-state index contributed by atoms with van der Waals surface area (Å²) < 4.78 is 1.71. The Bertz CT molecular complexity index is 800. The molecule has 3 heterocycles. The average Bonchev–Trinajstić information content (AvgIpc) is 2.99. The topological polar surface area (TPSA) is 111 Å². The highest BCUT2D eigenvalue weighted by Crippen LogP contribution is 2.19. The van der Waals surface area contributed by atoms with E-state index in [-0.39, 0.29) is 10.9 Å². The molecule has 0 aliphatic carbocycles. The number of nitrogens with one attached hydrogen (secondary N) is 1. The molecule has 122 valence electrons. The fourth-order valence-electron chi connectivity index (χ4n) is 2.48. The van der Waals surface area contributed by atoms with Gasteiger partial charge in [0.15, 0.2) is 0 Å². The minimum atomic E-state index is -1.03. The molecule has 2 aromatic rings. The van der Waals surface area contributed by atoms with Crippen molar-refractivity contribution in [3.63, 3.8) is 0 Å². The molecule has 0 fully saturated rings. The van der Waals surface area contributed by atoms with E-state index < -0.39 is 18.3 Å². The smallest absolute Gasteiger partial charge is 0.266 e. The first kappa shape index (κ1) is 15.7. The Morgan fingerprint density at radius 1 is 1.43 bits per heavy atom. The molecule has 23 heavy (non-hydrogen) atoms. The molecule has 0 saturated heterocycles. The fraction of sp³-hybridized carbons (Fsp3) is 0.357. The summed E-state index contributed by atoms with van der Waals surface area (Å²) in [6.45, 7) is 0.838. The van der Waals surface area contributed by atoms with Crippen LogP contribution in [0.2, 0.25) is 5.02 Å². The third kappa shape index (κ3) is 3.00. The number of hydrogen-bond acceptors (Lipinski definition) is 5. The van der Waals surface area contributed by atoms with Gasteiger partial charge in [-0.05, 0) is 12.1 Å². The molecule has 1 aliphatic rings. The van der Waals surface area contributed by atoms with E-state index in [1.807, 2.05) is 0 Å². The van der Waals surface area contributed by atoms with Crippen LogP contribution in [-0.4, -0.2) is 48.9 Å². The second kappa shape index (κ2) is 6.15. The molecule has 2 aromatic heterocycles. The predicted molar refractivity (Wildman–Crippen MR) is 81.1 cm³/mol. The summed E-state index contributed by atoms with van der Waals surface area (Å²) in [7, 11) is 0. The van der Waals surface area contributed by atoms with Crippen LogP contribution in [0.4, 0.5) is 0 Å². The molecule has 8 nitrogen and oxygen atoms in total. The van der Waals surface area contributed by atoms with Gasteiger partial charge in [-0.1, -0.05) is 11.6 Å². The Morgan fingerprint density at radius 3 is 2.91 bits per heavy atom.